The van der Waals surface area contributed by atoms with E-state index in [1.54, 1.807) is 6.20 Å². The number of hydrogen-bond acceptors (Lipinski definition) is 5. The van der Waals surface area contributed by atoms with Crippen molar-refractivity contribution >= 4 is 5.91 Å². The van der Waals surface area contributed by atoms with Gasteiger partial charge < -0.3 is 10.2 Å². The molecule has 0 aliphatic carbocycles. The van der Waals surface area contributed by atoms with Crippen molar-refractivity contribution in [3.05, 3.63) is 53.7 Å². The fourth-order valence-electron chi connectivity index (χ4n) is 3.37. The number of aromatic nitrogens is 1. The molecule has 0 radical (unpaired) electrons. The summed E-state index contributed by atoms with van der Waals surface area (Å²) in [6, 6.07) is 9.73. The zero-order chi connectivity index (χ0) is 17.1. The second-order valence-corrected chi connectivity index (χ2v) is 6.43. The highest BCUT2D eigenvalue weighted by Gasteiger charge is 2.34. The number of amides is 1. The lowest BCUT2D eigenvalue weighted by Crippen LogP contribution is -2.39. The van der Waals surface area contributed by atoms with E-state index in [-0.39, 0.29) is 11.9 Å². The lowest BCUT2D eigenvalue weighted by atomic mass is 10.1. The van der Waals surface area contributed by atoms with Crippen LogP contribution in [0.4, 0.5) is 0 Å². The molecule has 24 heavy (non-hydrogen) atoms. The van der Waals surface area contributed by atoms with Crippen molar-refractivity contribution in [2.45, 2.75) is 32.0 Å². The average Bonchev–Trinajstić information content (AvgIpc) is 3.18. The van der Waals surface area contributed by atoms with Gasteiger partial charge in [-0.1, -0.05) is 30.3 Å². The Balaban J connectivity index is 1.66. The molecule has 2 atom stereocenters. The number of nitrogens with two attached hydrogens (primary N) is 1. The Morgan fingerprint density at radius 1 is 1.46 bits per heavy atom. The lowest BCUT2D eigenvalue weighted by molar-refractivity contribution is -0.123. The van der Waals surface area contributed by atoms with E-state index >= 15 is 0 Å². The highest BCUT2D eigenvalue weighted by Crippen LogP contribution is 2.27. The molecule has 128 valence electrons. The molecule has 2 N–H and O–H groups in total. The molecule has 1 saturated heterocycles. The summed E-state index contributed by atoms with van der Waals surface area (Å²) >= 11 is 0. The van der Waals surface area contributed by atoms with Gasteiger partial charge in [0, 0.05) is 19.1 Å². The van der Waals surface area contributed by atoms with Gasteiger partial charge in [0.25, 0.3) is 0 Å². The summed E-state index contributed by atoms with van der Waals surface area (Å²) in [5.41, 5.74) is 6.63. The van der Waals surface area contributed by atoms with Crippen LogP contribution in [0.2, 0.25) is 0 Å². The van der Waals surface area contributed by atoms with Crippen LogP contribution in [0, 0.1) is 6.92 Å². The smallest absolute Gasteiger partial charge is 0.239 e. The molecule has 1 aliphatic rings. The normalized spacial score (nSPS) is 19.7. The summed E-state index contributed by atoms with van der Waals surface area (Å²) in [6.07, 6.45) is 2.73. The van der Waals surface area contributed by atoms with Crippen LogP contribution >= 0.6 is 0 Å². The Labute approximate surface area is 142 Å². The van der Waals surface area contributed by atoms with Gasteiger partial charge in [-0.15, -0.1) is 0 Å². The first-order chi connectivity index (χ1) is 11.5. The van der Waals surface area contributed by atoms with E-state index in [0.717, 1.165) is 36.7 Å². The number of nitrogens with zero attached hydrogens (tertiary/aromatic N) is 3. The summed E-state index contributed by atoms with van der Waals surface area (Å²) in [7, 11) is 2.06. The number of benzene rings is 1. The molecule has 1 aromatic carbocycles. The first-order valence-electron chi connectivity index (χ1n) is 8.24. The lowest BCUT2D eigenvalue weighted by Gasteiger charge is -2.27. The molecule has 2 aromatic rings. The van der Waals surface area contributed by atoms with E-state index in [9.17, 15) is 4.79 Å². The number of carbonyl (C=O) groups is 1. The van der Waals surface area contributed by atoms with Gasteiger partial charge in [-0.2, -0.15) is 0 Å². The van der Waals surface area contributed by atoms with E-state index in [2.05, 4.69) is 21.8 Å². The van der Waals surface area contributed by atoms with Crippen LogP contribution in [-0.2, 0) is 11.3 Å². The van der Waals surface area contributed by atoms with Gasteiger partial charge >= 0.3 is 0 Å². The predicted octanol–water partition coefficient (Wildman–Crippen LogP) is 1.72. The number of likely N-dealkylation sites (tertiary alicyclic amines) is 1. The number of primary amides is 1. The maximum atomic E-state index is 12.0. The highest BCUT2D eigenvalue weighted by atomic mass is 16.4. The van der Waals surface area contributed by atoms with Crippen molar-refractivity contribution < 1.29 is 9.21 Å². The van der Waals surface area contributed by atoms with Crippen LogP contribution in [0.3, 0.4) is 0 Å². The van der Waals surface area contributed by atoms with Crippen molar-refractivity contribution in [3.63, 3.8) is 0 Å². The van der Waals surface area contributed by atoms with Crippen LogP contribution in [0.15, 0.2) is 40.9 Å². The van der Waals surface area contributed by atoms with E-state index in [1.807, 2.05) is 37.3 Å². The topological polar surface area (TPSA) is 75.6 Å². The minimum absolute atomic E-state index is 0.298. The van der Waals surface area contributed by atoms with E-state index in [4.69, 9.17) is 10.2 Å². The molecule has 0 spiro atoms. The minimum Gasteiger partial charge on any atom is -0.445 e. The second kappa shape index (κ2) is 7.15. The van der Waals surface area contributed by atoms with Crippen LogP contribution in [0.25, 0.3) is 0 Å². The highest BCUT2D eigenvalue weighted by molar-refractivity contribution is 5.81. The summed E-state index contributed by atoms with van der Waals surface area (Å²) < 4.78 is 5.56. The minimum atomic E-state index is -0.367. The molecule has 2 heterocycles. The first kappa shape index (κ1) is 16.7. The van der Waals surface area contributed by atoms with E-state index < -0.39 is 0 Å². The molecule has 1 fully saturated rings. The third-order valence-electron chi connectivity index (χ3n) is 4.62. The monoisotopic (exact) mass is 328 g/mol. The third-order valence-corrected chi connectivity index (χ3v) is 4.62. The van der Waals surface area contributed by atoms with Crippen molar-refractivity contribution in [2.75, 3.05) is 20.1 Å². The number of aryl methyl sites for hydroxylation is 1. The zero-order valence-electron chi connectivity index (χ0n) is 14.2. The number of rotatable bonds is 6. The molecule has 1 amide bonds. The van der Waals surface area contributed by atoms with E-state index in [0.29, 0.717) is 12.6 Å². The number of oxazole rings is 1. The SMILES string of the molecule is Cc1cnc(CN(C)[C@H]2CCN([C@@H](C(N)=O)c3ccccc3)C2)o1. The molecule has 0 bridgehead atoms. The Bertz CT molecular complexity index is 685. The fourth-order valence-corrected chi connectivity index (χ4v) is 3.37. The van der Waals surface area contributed by atoms with Crippen LogP contribution in [-0.4, -0.2) is 46.9 Å². The predicted molar refractivity (Wildman–Crippen MR) is 91.1 cm³/mol. The number of carbonyl (C=O) groups excluding carboxylic acids is 1. The Morgan fingerprint density at radius 3 is 2.83 bits per heavy atom. The molecule has 6 heteroatoms. The summed E-state index contributed by atoms with van der Waals surface area (Å²) in [4.78, 5) is 20.7. The van der Waals surface area contributed by atoms with E-state index in [1.165, 1.54) is 0 Å². The number of hydrogen-bond donors (Lipinski definition) is 1. The van der Waals surface area contributed by atoms with Crippen LogP contribution < -0.4 is 5.73 Å². The van der Waals surface area contributed by atoms with Gasteiger partial charge in [0.05, 0.1) is 12.7 Å². The third kappa shape index (κ3) is 3.66. The summed E-state index contributed by atoms with van der Waals surface area (Å²) in [5, 5.41) is 0. The molecule has 0 saturated carbocycles. The number of likely N-dealkylation sites (N-methyl/N-ethyl adjacent to an activating group) is 1. The summed E-state index contributed by atoms with van der Waals surface area (Å²) in [5.74, 6) is 1.25. The molecule has 6 nitrogen and oxygen atoms in total. The van der Waals surface area contributed by atoms with Crippen molar-refractivity contribution in [2.24, 2.45) is 5.73 Å². The summed E-state index contributed by atoms with van der Waals surface area (Å²) in [6.45, 7) is 4.21. The maximum Gasteiger partial charge on any atom is 0.239 e. The zero-order valence-corrected chi connectivity index (χ0v) is 14.2. The second-order valence-electron chi connectivity index (χ2n) is 6.43. The first-order valence-corrected chi connectivity index (χ1v) is 8.24. The molecule has 0 unspecified atom stereocenters. The van der Waals surface area contributed by atoms with Crippen molar-refractivity contribution in [3.8, 4) is 0 Å². The molecule has 3 rings (SSSR count). The van der Waals surface area contributed by atoms with Gasteiger partial charge in [-0.3, -0.25) is 14.6 Å². The van der Waals surface area contributed by atoms with Gasteiger partial charge in [0.2, 0.25) is 11.8 Å². The van der Waals surface area contributed by atoms with Crippen molar-refractivity contribution in [1.82, 2.24) is 14.8 Å². The van der Waals surface area contributed by atoms with Gasteiger partial charge in [-0.05, 0) is 26.0 Å². The Morgan fingerprint density at radius 2 is 2.21 bits per heavy atom. The van der Waals surface area contributed by atoms with Gasteiger partial charge in [0.1, 0.15) is 11.8 Å². The van der Waals surface area contributed by atoms with Gasteiger partial charge in [-0.25, -0.2) is 4.98 Å². The average molecular weight is 328 g/mol. The van der Waals surface area contributed by atoms with Crippen LogP contribution in [0.1, 0.15) is 29.7 Å². The van der Waals surface area contributed by atoms with Crippen LogP contribution in [0.5, 0.6) is 0 Å². The Kier molecular flexibility index (Phi) is 4.97. The molecular formula is C18H24N4O2. The quantitative estimate of drug-likeness (QED) is 0.874. The standard InChI is InChI=1S/C18H24N4O2/c1-13-10-20-16(24-13)12-21(2)15-8-9-22(11-15)17(18(19)23)14-6-4-3-5-7-14/h3-7,10,15,17H,8-9,11-12H2,1-2H3,(H2,19,23)/t15-,17+/m0/s1. The molecular weight excluding hydrogens is 304 g/mol. The molecule has 1 aliphatic heterocycles. The van der Waals surface area contributed by atoms with Crippen molar-refractivity contribution in [1.29, 1.82) is 0 Å². The Hall–Kier alpha value is -2.18. The maximum absolute atomic E-state index is 12.0. The largest absolute Gasteiger partial charge is 0.445 e. The van der Waals surface area contributed by atoms with Gasteiger partial charge in [0.15, 0.2) is 0 Å². The fraction of sp³-hybridized carbons (Fsp3) is 0.444. The molecule has 1 aromatic heterocycles.